The van der Waals surface area contributed by atoms with Gasteiger partial charge >= 0.3 is 0 Å². The molecule has 1 heterocycles. The van der Waals surface area contributed by atoms with Crippen LogP contribution in [0, 0.1) is 0 Å². The lowest BCUT2D eigenvalue weighted by Gasteiger charge is -2.16. The predicted molar refractivity (Wildman–Crippen MR) is 91.9 cm³/mol. The molecule has 0 radical (unpaired) electrons. The second-order valence-corrected chi connectivity index (χ2v) is 6.26. The molecule has 2 N–H and O–H groups in total. The van der Waals surface area contributed by atoms with E-state index in [1.165, 1.54) is 0 Å². The van der Waals surface area contributed by atoms with E-state index in [1.807, 2.05) is 48.7 Å². The Morgan fingerprint density at radius 1 is 1.38 bits per heavy atom. The Morgan fingerprint density at radius 2 is 2.14 bits per heavy atom. The average Bonchev–Trinajstić information content (AvgIpc) is 3.00. The Balaban J connectivity index is 1.90. The fourth-order valence-corrected chi connectivity index (χ4v) is 2.55. The second-order valence-electron chi connectivity index (χ2n) is 4.36. The van der Waals surface area contributed by atoms with E-state index in [4.69, 9.17) is 0 Å². The minimum absolute atomic E-state index is 0.145. The molecular weight excluding hydrogens is 350 g/mol. The molecule has 0 saturated carbocycles. The topological polar surface area (TPSA) is 53.5 Å². The van der Waals surface area contributed by atoms with Gasteiger partial charge < -0.3 is 5.32 Å². The van der Waals surface area contributed by atoms with Gasteiger partial charge in [0.15, 0.2) is 0 Å². The molecule has 0 saturated heterocycles. The van der Waals surface area contributed by atoms with Gasteiger partial charge in [-0.2, -0.15) is 5.10 Å². The van der Waals surface area contributed by atoms with Crippen molar-refractivity contribution in [2.75, 3.05) is 5.32 Å². The first kappa shape index (κ1) is 15.7. The number of amides is 1. The minimum atomic E-state index is -0.313. The molecule has 1 atom stereocenters. The predicted octanol–water partition coefficient (Wildman–Crippen LogP) is 3.85. The van der Waals surface area contributed by atoms with Gasteiger partial charge in [-0.15, -0.1) is 11.3 Å². The summed E-state index contributed by atoms with van der Waals surface area (Å²) in [7, 11) is 0. The van der Waals surface area contributed by atoms with Gasteiger partial charge in [0.1, 0.15) is 6.04 Å². The number of rotatable bonds is 6. The molecule has 0 aliphatic carbocycles. The number of thiophene rings is 1. The zero-order chi connectivity index (χ0) is 15.1. The minimum Gasteiger partial charge on any atom is -0.374 e. The van der Waals surface area contributed by atoms with E-state index in [-0.39, 0.29) is 11.9 Å². The first-order valence-electron chi connectivity index (χ1n) is 6.57. The molecule has 4 nitrogen and oxygen atoms in total. The van der Waals surface area contributed by atoms with Crippen molar-refractivity contribution in [1.82, 2.24) is 5.43 Å². The third-order valence-electron chi connectivity index (χ3n) is 2.82. The maximum atomic E-state index is 12.1. The number of anilines is 1. The van der Waals surface area contributed by atoms with E-state index < -0.39 is 0 Å². The van der Waals surface area contributed by atoms with Crippen molar-refractivity contribution in [3.63, 3.8) is 0 Å². The Labute approximate surface area is 136 Å². The second kappa shape index (κ2) is 7.95. The van der Waals surface area contributed by atoms with Gasteiger partial charge in [-0.25, -0.2) is 5.43 Å². The van der Waals surface area contributed by atoms with E-state index >= 15 is 0 Å². The summed E-state index contributed by atoms with van der Waals surface area (Å²) in [5.74, 6) is -0.145. The molecule has 2 aromatic rings. The molecule has 1 amide bonds. The normalized spacial score (nSPS) is 12.3. The molecule has 1 unspecified atom stereocenters. The number of nitrogens with zero attached hydrogens (tertiary/aromatic N) is 1. The highest BCUT2D eigenvalue weighted by Gasteiger charge is 2.15. The summed E-state index contributed by atoms with van der Waals surface area (Å²) in [5, 5.41) is 9.14. The lowest BCUT2D eigenvalue weighted by atomic mass is 10.2. The first-order valence-corrected chi connectivity index (χ1v) is 8.25. The summed E-state index contributed by atoms with van der Waals surface area (Å²) >= 11 is 4.96. The molecule has 0 aliphatic heterocycles. The van der Waals surface area contributed by atoms with Crippen LogP contribution in [0.5, 0.6) is 0 Å². The number of benzene rings is 1. The van der Waals surface area contributed by atoms with Crippen LogP contribution in [0.15, 0.2) is 51.4 Å². The molecule has 0 bridgehead atoms. The van der Waals surface area contributed by atoms with Crippen LogP contribution in [0.2, 0.25) is 0 Å². The summed E-state index contributed by atoms with van der Waals surface area (Å²) in [5.41, 5.74) is 3.47. The van der Waals surface area contributed by atoms with Gasteiger partial charge in [0, 0.05) is 15.0 Å². The van der Waals surface area contributed by atoms with Crippen molar-refractivity contribution >= 4 is 45.1 Å². The number of hydrazone groups is 1. The fourth-order valence-electron chi connectivity index (χ4n) is 1.70. The van der Waals surface area contributed by atoms with Crippen molar-refractivity contribution < 1.29 is 4.79 Å². The Bertz CT molecular complexity index is 596. The first-order chi connectivity index (χ1) is 10.2. The largest absolute Gasteiger partial charge is 0.374 e. The molecule has 21 heavy (non-hydrogen) atoms. The summed E-state index contributed by atoms with van der Waals surface area (Å²) in [4.78, 5) is 13.1. The third-order valence-corrected chi connectivity index (χ3v) is 4.16. The Hall–Kier alpha value is -1.66. The van der Waals surface area contributed by atoms with Crippen molar-refractivity contribution in [3.8, 4) is 0 Å². The Kier molecular flexibility index (Phi) is 5.95. The highest BCUT2D eigenvalue weighted by atomic mass is 79.9. The van der Waals surface area contributed by atoms with Gasteiger partial charge in [-0.05, 0) is 42.1 Å². The summed E-state index contributed by atoms with van der Waals surface area (Å²) < 4.78 is 1.01. The van der Waals surface area contributed by atoms with Crippen LogP contribution in [-0.4, -0.2) is 18.2 Å². The fraction of sp³-hybridized carbons (Fsp3) is 0.200. The molecule has 6 heteroatoms. The van der Waals surface area contributed by atoms with Crippen LogP contribution in [0.25, 0.3) is 0 Å². The van der Waals surface area contributed by atoms with Gasteiger partial charge in [0.25, 0.3) is 5.91 Å². The van der Waals surface area contributed by atoms with E-state index in [0.29, 0.717) is 6.42 Å². The number of carbonyl (C=O) groups is 1. The van der Waals surface area contributed by atoms with E-state index in [9.17, 15) is 4.79 Å². The van der Waals surface area contributed by atoms with Crippen LogP contribution in [0.3, 0.4) is 0 Å². The van der Waals surface area contributed by atoms with Gasteiger partial charge in [-0.1, -0.05) is 28.9 Å². The quantitative estimate of drug-likeness (QED) is 0.603. The average molecular weight is 366 g/mol. The standard InChI is InChI=1S/C15H16BrN3OS/c1-2-14(18-12-7-5-11(16)6-8-12)15(20)19-17-10-13-4-3-9-21-13/h3-10,14,18H,2H2,1H3,(H,19,20). The molecule has 1 aromatic heterocycles. The molecule has 2 rings (SSSR count). The summed E-state index contributed by atoms with van der Waals surface area (Å²) in [6.07, 6.45) is 2.32. The number of hydrogen-bond acceptors (Lipinski definition) is 4. The van der Waals surface area contributed by atoms with E-state index in [2.05, 4.69) is 31.8 Å². The van der Waals surface area contributed by atoms with Crippen molar-refractivity contribution in [3.05, 3.63) is 51.1 Å². The SMILES string of the molecule is CCC(Nc1ccc(Br)cc1)C(=O)NN=Cc1cccs1. The molecule has 0 aliphatic rings. The van der Waals surface area contributed by atoms with Gasteiger partial charge in [-0.3, -0.25) is 4.79 Å². The van der Waals surface area contributed by atoms with Crippen LogP contribution < -0.4 is 10.7 Å². The van der Waals surface area contributed by atoms with Gasteiger partial charge in [0.2, 0.25) is 0 Å². The summed E-state index contributed by atoms with van der Waals surface area (Å²) in [6, 6.07) is 11.3. The highest BCUT2D eigenvalue weighted by Crippen LogP contribution is 2.15. The van der Waals surface area contributed by atoms with Crippen LogP contribution in [0.1, 0.15) is 18.2 Å². The molecule has 110 valence electrons. The van der Waals surface area contributed by atoms with Gasteiger partial charge in [0.05, 0.1) is 6.21 Å². The highest BCUT2D eigenvalue weighted by molar-refractivity contribution is 9.10. The number of nitrogens with one attached hydrogen (secondary N) is 2. The number of carbonyl (C=O) groups excluding carboxylic acids is 1. The third kappa shape index (κ3) is 4.99. The van der Waals surface area contributed by atoms with Crippen LogP contribution in [-0.2, 0) is 4.79 Å². The lowest BCUT2D eigenvalue weighted by molar-refractivity contribution is -0.121. The molecular formula is C15H16BrN3OS. The zero-order valence-electron chi connectivity index (χ0n) is 11.5. The van der Waals surface area contributed by atoms with E-state index in [0.717, 1.165) is 15.0 Å². The summed E-state index contributed by atoms with van der Waals surface area (Å²) in [6.45, 7) is 1.96. The van der Waals surface area contributed by atoms with Crippen LogP contribution in [0.4, 0.5) is 5.69 Å². The molecule has 0 spiro atoms. The molecule has 0 fully saturated rings. The maximum Gasteiger partial charge on any atom is 0.262 e. The Morgan fingerprint density at radius 3 is 2.76 bits per heavy atom. The molecule has 1 aromatic carbocycles. The zero-order valence-corrected chi connectivity index (χ0v) is 13.9. The number of hydrogen-bond donors (Lipinski definition) is 2. The lowest BCUT2D eigenvalue weighted by Crippen LogP contribution is -2.36. The maximum absolute atomic E-state index is 12.1. The number of halogens is 1. The monoisotopic (exact) mass is 365 g/mol. The van der Waals surface area contributed by atoms with E-state index in [1.54, 1.807) is 17.6 Å². The smallest absolute Gasteiger partial charge is 0.262 e. The van der Waals surface area contributed by atoms with Crippen molar-refractivity contribution in [1.29, 1.82) is 0 Å². The van der Waals surface area contributed by atoms with Crippen molar-refractivity contribution in [2.45, 2.75) is 19.4 Å². The van der Waals surface area contributed by atoms with Crippen LogP contribution >= 0.6 is 27.3 Å². The van der Waals surface area contributed by atoms with Crippen molar-refractivity contribution in [2.24, 2.45) is 5.10 Å².